The van der Waals surface area contributed by atoms with E-state index in [2.05, 4.69) is 14.0 Å². The van der Waals surface area contributed by atoms with Gasteiger partial charge in [-0.1, -0.05) is 51.2 Å². The third-order valence-corrected chi connectivity index (χ3v) is 4.26. The number of nitrogens with two attached hydrogens (primary N) is 1. The molecule has 0 amide bonds. The van der Waals surface area contributed by atoms with E-state index in [1.165, 1.54) is 25.7 Å². The monoisotopic (exact) mass is 417 g/mol. The minimum absolute atomic E-state index is 0.126. The Balaban J connectivity index is 2.36. The molecule has 29 heavy (non-hydrogen) atoms. The molecule has 164 valence electrons. The summed E-state index contributed by atoms with van der Waals surface area (Å²) < 4.78 is 47.9. The van der Waals surface area contributed by atoms with Gasteiger partial charge in [0.1, 0.15) is 5.75 Å². The molecule has 1 rings (SSSR count). The Morgan fingerprint density at radius 1 is 1.07 bits per heavy atom. The molecule has 0 fully saturated rings. The first-order valence-corrected chi connectivity index (χ1v) is 9.81. The quantitative estimate of drug-likeness (QED) is 0.166. The number of aliphatic hydroxyl groups excluding tert-OH is 1. The van der Waals surface area contributed by atoms with Crippen molar-refractivity contribution in [2.24, 2.45) is 0 Å². The van der Waals surface area contributed by atoms with E-state index >= 15 is 0 Å². The molecular weight excluding hydrogens is 387 g/mol. The van der Waals surface area contributed by atoms with Gasteiger partial charge in [0, 0.05) is 6.42 Å². The van der Waals surface area contributed by atoms with Crippen molar-refractivity contribution in [3.63, 3.8) is 0 Å². The van der Waals surface area contributed by atoms with Crippen LogP contribution >= 0.6 is 0 Å². The molecule has 3 N–H and O–H groups in total. The van der Waals surface area contributed by atoms with Crippen LogP contribution in [-0.2, 0) is 16.0 Å². The van der Waals surface area contributed by atoms with Crippen LogP contribution in [0.15, 0.2) is 35.7 Å². The Bertz CT molecular complexity index is 642. The highest BCUT2D eigenvalue weighted by Gasteiger charge is 2.40. The van der Waals surface area contributed by atoms with E-state index in [-0.39, 0.29) is 6.61 Å². The van der Waals surface area contributed by atoms with Crippen LogP contribution in [0, 0.1) is 7.05 Å². The van der Waals surface area contributed by atoms with Crippen molar-refractivity contribution in [3.05, 3.63) is 48.3 Å². The molecule has 0 aliphatic carbocycles. The molecule has 0 aliphatic rings. The number of hydrogen-bond acceptors (Lipinski definition) is 4. The van der Waals surface area contributed by atoms with Gasteiger partial charge in [-0.3, -0.25) is 0 Å². The SMILES string of the molecule is [CH2-][NH2+]/C(C(=O)OCCc1ccc(OCCCCCCCC)cc1)=C(/O)C(F)(F)F. The van der Waals surface area contributed by atoms with Gasteiger partial charge in [0.2, 0.25) is 5.70 Å². The summed E-state index contributed by atoms with van der Waals surface area (Å²) in [5, 5.41) is 9.70. The van der Waals surface area contributed by atoms with Gasteiger partial charge < -0.3 is 19.9 Å². The zero-order valence-electron chi connectivity index (χ0n) is 16.8. The lowest BCUT2D eigenvalue weighted by molar-refractivity contribution is -0.541. The number of alkyl halides is 3. The average molecular weight is 417 g/mol. The summed E-state index contributed by atoms with van der Waals surface area (Å²) in [6.45, 7) is 2.72. The Kier molecular flexibility index (Phi) is 11.2. The van der Waals surface area contributed by atoms with Gasteiger partial charge in [-0.05, 0) is 24.1 Å². The molecule has 0 bridgehead atoms. The molecule has 0 saturated carbocycles. The van der Waals surface area contributed by atoms with E-state index < -0.39 is 23.6 Å². The zero-order valence-corrected chi connectivity index (χ0v) is 16.8. The maximum Gasteiger partial charge on any atom is 0.455 e. The number of unbranched alkanes of at least 4 members (excludes halogenated alkanes) is 5. The Morgan fingerprint density at radius 3 is 2.28 bits per heavy atom. The largest absolute Gasteiger partial charge is 0.500 e. The third-order valence-electron chi connectivity index (χ3n) is 4.26. The van der Waals surface area contributed by atoms with Gasteiger partial charge in [-0.15, -0.1) is 7.05 Å². The van der Waals surface area contributed by atoms with E-state index in [1.807, 2.05) is 12.1 Å². The lowest BCUT2D eigenvalue weighted by Gasteiger charge is -2.11. The molecular formula is C21H30F3NO4. The average Bonchev–Trinajstić information content (AvgIpc) is 2.68. The van der Waals surface area contributed by atoms with Crippen LogP contribution in [0.3, 0.4) is 0 Å². The fraction of sp³-hybridized carbons (Fsp3) is 0.524. The Hall–Kier alpha value is -2.22. The van der Waals surface area contributed by atoms with E-state index in [0.29, 0.717) is 18.3 Å². The van der Waals surface area contributed by atoms with E-state index in [0.717, 1.165) is 24.2 Å². The first kappa shape index (κ1) is 24.8. The summed E-state index contributed by atoms with van der Waals surface area (Å²) >= 11 is 0. The summed E-state index contributed by atoms with van der Waals surface area (Å²) in [4.78, 5) is 11.7. The van der Waals surface area contributed by atoms with Crippen molar-refractivity contribution in [1.29, 1.82) is 0 Å². The molecule has 8 heteroatoms. The van der Waals surface area contributed by atoms with Gasteiger partial charge in [0.15, 0.2) is 0 Å². The second kappa shape index (κ2) is 13.1. The highest BCUT2D eigenvalue weighted by atomic mass is 19.4. The lowest BCUT2D eigenvalue weighted by atomic mass is 10.1. The minimum atomic E-state index is -5.03. The fourth-order valence-corrected chi connectivity index (χ4v) is 2.59. The van der Waals surface area contributed by atoms with Crippen LogP contribution < -0.4 is 10.1 Å². The van der Waals surface area contributed by atoms with Crippen LogP contribution in [0.5, 0.6) is 5.75 Å². The van der Waals surface area contributed by atoms with Crippen LogP contribution in [0.4, 0.5) is 13.2 Å². The predicted molar refractivity (Wildman–Crippen MR) is 103 cm³/mol. The molecule has 0 radical (unpaired) electrons. The van der Waals surface area contributed by atoms with E-state index in [9.17, 15) is 18.0 Å². The first-order chi connectivity index (χ1) is 13.8. The van der Waals surface area contributed by atoms with Crippen molar-refractivity contribution >= 4 is 5.97 Å². The first-order valence-electron chi connectivity index (χ1n) is 9.81. The van der Waals surface area contributed by atoms with Crippen molar-refractivity contribution < 1.29 is 37.9 Å². The molecule has 0 aromatic heterocycles. The van der Waals surface area contributed by atoms with Crippen molar-refractivity contribution in [2.75, 3.05) is 13.2 Å². The number of esters is 1. The number of ether oxygens (including phenoxy) is 2. The zero-order chi connectivity index (χ0) is 21.7. The number of carbonyl (C=O) groups excluding carboxylic acids is 1. The molecule has 0 saturated heterocycles. The fourth-order valence-electron chi connectivity index (χ4n) is 2.59. The number of aliphatic hydroxyl groups is 1. The molecule has 0 aliphatic heterocycles. The summed E-state index contributed by atoms with van der Waals surface area (Å²) in [5.74, 6) is -2.54. The molecule has 0 spiro atoms. The van der Waals surface area contributed by atoms with Crippen LogP contribution in [0.1, 0.15) is 51.0 Å². The van der Waals surface area contributed by atoms with Crippen LogP contribution in [0.2, 0.25) is 0 Å². The number of quaternary nitrogens is 1. The van der Waals surface area contributed by atoms with Crippen molar-refractivity contribution in [3.8, 4) is 5.75 Å². The second-order valence-corrected chi connectivity index (χ2v) is 6.61. The standard InChI is InChI=1S/C21H30F3NO4/c1-3-4-5-6-7-8-14-28-17-11-9-16(10-12-17)13-15-29-20(27)18(25-2)19(26)21(22,23)24/h9-12,26H,2-8,13-15,25H2,1H3/b19-18+. The summed E-state index contributed by atoms with van der Waals surface area (Å²) in [5.41, 5.74) is -0.162. The number of hydrogen-bond donors (Lipinski definition) is 2. The third kappa shape index (κ3) is 9.69. The normalized spacial score (nSPS) is 12.4. The molecule has 0 unspecified atom stereocenters. The molecule has 1 aromatic carbocycles. The van der Waals surface area contributed by atoms with Crippen molar-refractivity contribution in [1.82, 2.24) is 0 Å². The number of benzene rings is 1. The van der Waals surface area contributed by atoms with Crippen LogP contribution in [-0.4, -0.2) is 30.5 Å². The molecule has 0 heterocycles. The molecule has 5 nitrogen and oxygen atoms in total. The van der Waals surface area contributed by atoms with E-state index in [1.54, 1.807) is 12.1 Å². The number of carbonyl (C=O) groups is 1. The topological polar surface area (TPSA) is 72.4 Å². The maximum atomic E-state index is 12.5. The highest BCUT2D eigenvalue weighted by molar-refractivity contribution is 5.86. The van der Waals surface area contributed by atoms with Gasteiger partial charge in [-0.25, -0.2) is 4.79 Å². The van der Waals surface area contributed by atoms with Gasteiger partial charge in [-0.2, -0.15) is 13.2 Å². The minimum Gasteiger partial charge on any atom is -0.500 e. The Morgan fingerprint density at radius 2 is 1.69 bits per heavy atom. The number of allylic oxidation sites excluding steroid dienone is 1. The number of rotatable bonds is 13. The van der Waals surface area contributed by atoms with Crippen molar-refractivity contribution in [2.45, 2.75) is 58.0 Å². The predicted octanol–water partition coefficient (Wildman–Crippen LogP) is 4.20. The van der Waals surface area contributed by atoms with Gasteiger partial charge >= 0.3 is 12.1 Å². The Labute approximate surface area is 169 Å². The molecule has 0 atom stereocenters. The highest BCUT2D eigenvalue weighted by Crippen LogP contribution is 2.24. The summed E-state index contributed by atoms with van der Waals surface area (Å²) in [6, 6.07) is 7.22. The van der Waals surface area contributed by atoms with Crippen LogP contribution in [0.25, 0.3) is 0 Å². The second-order valence-electron chi connectivity index (χ2n) is 6.61. The van der Waals surface area contributed by atoms with Gasteiger partial charge in [0.25, 0.3) is 5.76 Å². The number of halogens is 3. The summed E-state index contributed by atoms with van der Waals surface area (Å²) in [7, 11) is 3.11. The summed E-state index contributed by atoms with van der Waals surface area (Å²) in [6.07, 6.45) is 2.42. The lowest BCUT2D eigenvalue weighted by Crippen LogP contribution is -2.77. The smallest absolute Gasteiger partial charge is 0.455 e. The van der Waals surface area contributed by atoms with Gasteiger partial charge in [0.05, 0.1) is 13.2 Å². The maximum absolute atomic E-state index is 12.5. The molecule has 1 aromatic rings. The van der Waals surface area contributed by atoms with E-state index in [4.69, 9.17) is 14.6 Å².